The fraction of sp³-hybridized carbons (Fsp3) is 0.350. The summed E-state index contributed by atoms with van der Waals surface area (Å²) in [6.07, 6.45) is 2.57. The van der Waals surface area contributed by atoms with Crippen LogP contribution >= 0.6 is 15.9 Å². The second kappa shape index (κ2) is 9.07. The molecule has 0 spiro atoms. The van der Waals surface area contributed by atoms with Crippen molar-refractivity contribution in [1.29, 1.82) is 0 Å². The lowest BCUT2D eigenvalue weighted by atomic mass is 10.2. The number of sulfonamides is 1. The van der Waals surface area contributed by atoms with Gasteiger partial charge in [0, 0.05) is 17.6 Å². The zero-order valence-corrected chi connectivity index (χ0v) is 18.1. The predicted molar refractivity (Wildman–Crippen MR) is 112 cm³/mol. The predicted octanol–water partition coefficient (Wildman–Crippen LogP) is 4.27. The fourth-order valence-electron chi connectivity index (χ4n) is 3.01. The Hall–Kier alpha value is -1.90. The van der Waals surface area contributed by atoms with E-state index < -0.39 is 15.9 Å². The van der Waals surface area contributed by atoms with E-state index in [0.29, 0.717) is 35.6 Å². The molecule has 0 unspecified atom stereocenters. The van der Waals surface area contributed by atoms with Gasteiger partial charge in [-0.3, -0.25) is 4.79 Å². The number of hydrogen-bond acceptors (Lipinski definition) is 4. The SMILES string of the molecule is CCCOc1ccccc1NC(=O)c1cc(S(=O)(=O)N2CCCC2)ccc1Br. The minimum atomic E-state index is -3.60. The largest absolute Gasteiger partial charge is 0.491 e. The van der Waals surface area contributed by atoms with Crippen LogP contribution in [0.3, 0.4) is 0 Å². The molecule has 1 amide bonds. The molecule has 0 saturated carbocycles. The molecule has 1 fully saturated rings. The molecule has 1 saturated heterocycles. The Morgan fingerprint density at radius 1 is 1.18 bits per heavy atom. The summed E-state index contributed by atoms with van der Waals surface area (Å²) in [6.45, 7) is 3.58. The maximum atomic E-state index is 12.9. The minimum Gasteiger partial charge on any atom is -0.491 e. The molecule has 0 aliphatic carbocycles. The van der Waals surface area contributed by atoms with Crippen LogP contribution in [0.4, 0.5) is 5.69 Å². The summed E-state index contributed by atoms with van der Waals surface area (Å²) >= 11 is 3.35. The van der Waals surface area contributed by atoms with Gasteiger partial charge in [-0.1, -0.05) is 19.1 Å². The Balaban J connectivity index is 1.87. The number of nitrogens with one attached hydrogen (secondary N) is 1. The van der Waals surface area contributed by atoms with Gasteiger partial charge < -0.3 is 10.1 Å². The number of halogens is 1. The first-order chi connectivity index (χ1) is 13.4. The lowest BCUT2D eigenvalue weighted by molar-refractivity contribution is 0.102. The van der Waals surface area contributed by atoms with Gasteiger partial charge in [0.05, 0.1) is 22.8 Å². The third-order valence-electron chi connectivity index (χ3n) is 4.48. The number of para-hydroxylation sites is 2. The molecule has 3 rings (SSSR count). The lowest BCUT2D eigenvalue weighted by Crippen LogP contribution is -2.28. The number of nitrogens with zero attached hydrogens (tertiary/aromatic N) is 1. The van der Waals surface area contributed by atoms with E-state index in [9.17, 15) is 13.2 Å². The van der Waals surface area contributed by atoms with Gasteiger partial charge in [-0.05, 0) is 65.5 Å². The van der Waals surface area contributed by atoms with Crippen molar-refractivity contribution in [3.8, 4) is 5.75 Å². The van der Waals surface area contributed by atoms with Crippen LogP contribution in [0, 0.1) is 0 Å². The smallest absolute Gasteiger partial charge is 0.256 e. The highest BCUT2D eigenvalue weighted by atomic mass is 79.9. The van der Waals surface area contributed by atoms with E-state index in [1.54, 1.807) is 24.3 Å². The maximum Gasteiger partial charge on any atom is 0.256 e. The molecule has 8 heteroatoms. The van der Waals surface area contributed by atoms with Crippen molar-refractivity contribution in [3.05, 3.63) is 52.5 Å². The average molecular weight is 467 g/mol. The van der Waals surface area contributed by atoms with E-state index in [1.807, 2.05) is 13.0 Å². The molecule has 28 heavy (non-hydrogen) atoms. The second-order valence-corrected chi connectivity index (χ2v) is 9.34. The van der Waals surface area contributed by atoms with Crippen molar-refractivity contribution in [2.24, 2.45) is 0 Å². The second-order valence-electron chi connectivity index (χ2n) is 6.55. The number of carbonyl (C=O) groups excluding carboxylic acids is 1. The van der Waals surface area contributed by atoms with Gasteiger partial charge in [-0.25, -0.2) is 8.42 Å². The third-order valence-corrected chi connectivity index (χ3v) is 7.07. The summed E-state index contributed by atoms with van der Waals surface area (Å²) in [7, 11) is -3.60. The van der Waals surface area contributed by atoms with E-state index in [4.69, 9.17) is 4.74 Å². The highest BCUT2D eigenvalue weighted by molar-refractivity contribution is 9.10. The van der Waals surface area contributed by atoms with Crippen molar-refractivity contribution >= 4 is 37.5 Å². The van der Waals surface area contributed by atoms with Gasteiger partial charge in [0.25, 0.3) is 5.91 Å². The van der Waals surface area contributed by atoms with Crippen LogP contribution in [-0.4, -0.2) is 38.3 Å². The van der Waals surface area contributed by atoms with Gasteiger partial charge in [0.1, 0.15) is 5.75 Å². The first-order valence-corrected chi connectivity index (χ1v) is 11.5. The number of rotatable bonds is 7. The highest BCUT2D eigenvalue weighted by Gasteiger charge is 2.28. The monoisotopic (exact) mass is 466 g/mol. The Bertz CT molecular complexity index is 956. The molecule has 0 radical (unpaired) electrons. The number of carbonyl (C=O) groups is 1. The van der Waals surface area contributed by atoms with Gasteiger partial charge in [-0.15, -0.1) is 0 Å². The summed E-state index contributed by atoms with van der Waals surface area (Å²) < 4.78 is 33.3. The summed E-state index contributed by atoms with van der Waals surface area (Å²) in [4.78, 5) is 13.0. The van der Waals surface area contributed by atoms with E-state index in [-0.39, 0.29) is 10.5 Å². The summed E-state index contributed by atoms with van der Waals surface area (Å²) in [5.41, 5.74) is 0.797. The van der Waals surface area contributed by atoms with Crippen LogP contribution in [0.2, 0.25) is 0 Å². The number of amides is 1. The van der Waals surface area contributed by atoms with E-state index in [0.717, 1.165) is 19.3 Å². The third kappa shape index (κ3) is 4.56. The molecule has 0 atom stereocenters. The van der Waals surface area contributed by atoms with Crippen LogP contribution in [-0.2, 0) is 10.0 Å². The molecular formula is C20H23BrN2O4S. The average Bonchev–Trinajstić information content (AvgIpc) is 3.23. The van der Waals surface area contributed by atoms with Crippen LogP contribution in [0.5, 0.6) is 5.75 Å². The fourth-order valence-corrected chi connectivity index (χ4v) is 4.98. The molecule has 1 N–H and O–H groups in total. The van der Waals surface area contributed by atoms with Gasteiger partial charge in [0.15, 0.2) is 0 Å². The van der Waals surface area contributed by atoms with Crippen LogP contribution in [0.1, 0.15) is 36.5 Å². The van der Waals surface area contributed by atoms with E-state index >= 15 is 0 Å². The van der Waals surface area contributed by atoms with Crippen LogP contribution in [0.25, 0.3) is 0 Å². The number of anilines is 1. The van der Waals surface area contributed by atoms with Crippen LogP contribution < -0.4 is 10.1 Å². The molecule has 0 bridgehead atoms. The van der Waals surface area contributed by atoms with Crippen molar-refractivity contribution in [3.63, 3.8) is 0 Å². The van der Waals surface area contributed by atoms with Crippen LogP contribution in [0.15, 0.2) is 51.8 Å². The van der Waals surface area contributed by atoms with E-state index in [2.05, 4.69) is 21.2 Å². The van der Waals surface area contributed by atoms with Crippen molar-refractivity contribution in [2.75, 3.05) is 25.0 Å². The zero-order valence-electron chi connectivity index (χ0n) is 15.7. The van der Waals surface area contributed by atoms with E-state index in [1.165, 1.54) is 16.4 Å². The molecular weight excluding hydrogens is 444 g/mol. The topological polar surface area (TPSA) is 75.7 Å². The lowest BCUT2D eigenvalue weighted by Gasteiger charge is -2.17. The number of ether oxygens (including phenoxy) is 1. The van der Waals surface area contributed by atoms with Crippen molar-refractivity contribution in [2.45, 2.75) is 31.1 Å². The van der Waals surface area contributed by atoms with Crippen molar-refractivity contribution in [1.82, 2.24) is 4.31 Å². The first-order valence-electron chi connectivity index (χ1n) is 9.26. The normalized spacial score (nSPS) is 14.8. The number of hydrogen-bond donors (Lipinski definition) is 1. The molecule has 6 nitrogen and oxygen atoms in total. The molecule has 1 aliphatic rings. The molecule has 150 valence electrons. The Morgan fingerprint density at radius 2 is 1.89 bits per heavy atom. The Kier molecular flexibility index (Phi) is 6.74. The Labute approximate surface area is 174 Å². The minimum absolute atomic E-state index is 0.123. The Morgan fingerprint density at radius 3 is 2.61 bits per heavy atom. The molecule has 1 aliphatic heterocycles. The van der Waals surface area contributed by atoms with Crippen molar-refractivity contribution < 1.29 is 17.9 Å². The molecule has 1 heterocycles. The quantitative estimate of drug-likeness (QED) is 0.660. The van der Waals surface area contributed by atoms with Gasteiger partial charge >= 0.3 is 0 Å². The molecule has 2 aromatic carbocycles. The molecule has 2 aromatic rings. The molecule has 0 aromatic heterocycles. The standard InChI is InChI=1S/C20H23BrN2O4S/c1-2-13-27-19-8-4-3-7-18(19)22-20(24)16-14-15(9-10-17(16)21)28(25,26)23-11-5-6-12-23/h3-4,7-10,14H,2,5-6,11-13H2,1H3,(H,22,24). The summed E-state index contributed by atoms with van der Waals surface area (Å²) in [5, 5.41) is 2.82. The highest BCUT2D eigenvalue weighted by Crippen LogP contribution is 2.28. The summed E-state index contributed by atoms with van der Waals surface area (Å²) in [6, 6.07) is 11.7. The maximum absolute atomic E-state index is 12.9. The van der Waals surface area contributed by atoms with Gasteiger partial charge in [0.2, 0.25) is 10.0 Å². The number of benzene rings is 2. The zero-order chi connectivity index (χ0) is 20.1. The van der Waals surface area contributed by atoms with Gasteiger partial charge in [-0.2, -0.15) is 4.31 Å². The summed E-state index contributed by atoms with van der Waals surface area (Å²) in [5.74, 6) is 0.174. The first kappa shape index (κ1) is 20.8.